The molecule has 1 atom stereocenters. The lowest BCUT2D eigenvalue weighted by Gasteiger charge is -2.26. The molecule has 0 aliphatic heterocycles. The van der Waals surface area contributed by atoms with Crippen LogP contribution in [0.5, 0.6) is 5.75 Å². The molecular formula is C17H18Cl3NO2. The van der Waals surface area contributed by atoms with Gasteiger partial charge in [-0.15, -0.1) is 0 Å². The topological polar surface area (TPSA) is 38.3 Å². The normalized spacial score (nSPS) is 13.1. The van der Waals surface area contributed by atoms with Crippen molar-refractivity contribution < 1.29 is 9.53 Å². The third-order valence-corrected chi connectivity index (χ3v) is 3.75. The van der Waals surface area contributed by atoms with Gasteiger partial charge in [-0.2, -0.15) is 0 Å². The Bertz CT molecular complexity index is 683. The molecule has 0 fully saturated rings. The van der Waals surface area contributed by atoms with Gasteiger partial charge in [-0.1, -0.05) is 79.0 Å². The lowest BCUT2D eigenvalue weighted by Crippen LogP contribution is -2.48. The fourth-order valence-electron chi connectivity index (χ4n) is 2.13. The molecule has 23 heavy (non-hydrogen) atoms. The van der Waals surface area contributed by atoms with Gasteiger partial charge in [-0.05, 0) is 28.8 Å². The van der Waals surface area contributed by atoms with Crippen LogP contribution in [-0.4, -0.2) is 15.9 Å². The van der Waals surface area contributed by atoms with Crippen LogP contribution in [0.25, 0.3) is 10.8 Å². The number of amides is 1. The van der Waals surface area contributed by atoms with Crippen molar-refractivity contribution in [3.63, 3.8) is 0 Å². The second-order valence-electron chi connectivity index (χ2n) is 5.71. The third kappa shape index (κ3) is 5.45. The third-order valence-electron chi connectivity index (χ3n) is 3.16. The van der Waals surface area contributed by atoms with Crippen molar-refractivity contribution in [3.8, 4) is 5.75 Å². The Labute approximate surface area is 150 Å². The monoisotopic (exact) mass is 373 g/mol. The van der Waals surface area contributed by atoms with Crippen molar-refractivity contribution in [2.75, 3.05) is 0 Å². The maximum atomic E-state index is 11.9. The molecule has 0 saturated heterocycles. The van der Waals surface area contributed by atoms with E-state index in [2.05, 4.69) is 5.32 Å². The summed E-state index contributed by atoms with van der Waals surface area (Å²) >= 11 is 17.8. The molecule has 6 heteroatoms. The first kappa shape index (κ1) is 18.2. The van der Waals surface area contributed by atoms with E-state index >= 15 is 0 Å². The van der Waals surface area contributed by atoms with Crippen LogP contribution < -0.4 is 10.1 Å². The Morgan fingerprint density at radius 3 is 2.39 bits per heavy atom. The Hall–Kier alpha value is -1.16. The number of nitrogens with one attached hydrogen (secondary N) is 1. The van der Waals surface area contributed by atoms with E-state index < -0.39 is 10.0 Å². The number of ether oxygens (including phenoxy) is 1. The number of alkyl halides is 3. The zero-order valence-electron chi connectivity index (χ0n) is 12.9. The van der Waals surface area contributed by atoms with Gasteiger partial charge < -0.3 is 10.1 Å². The lowest BCUT2D eigenvalue weighted by atomic mass is 10.1. The summed E-state index contributed by atoms with van der Waals surface area (Å²) < 4.78 is 3.93. The zero-order chi connectivity index (χ0) is 17.0. The molecule has 0 heterocycles. The van der Waals surface area contributed by atoms with Crippen LogP contribution in [-0.2, 0) is 4.79 Å². The number of hydrogen-bond donors (Lipinski definition) is 1. The van der Waals surface area contributed by atoms with E-state index in [0.717, 1.165) is 10.8 Å². The van der Waals surface area contributed by atoms with E-state index in [-0.39, 0.29) is 11.8 Å². The van der Waals surface area contributed by atoms with Gasteiger partial charge in [0.1, 0.15) is 5.75 Å². The molecule has 1 unspecified atom stereocenters. The van der Waals surface area contributed by atoms with Crippen LogP contribution in [0.1, 0.15) is 20.3 Å². The first-order valence-electron chi connectivity index (χ1n) is 7.27. The minimum atomic E-state index is -1.78. The van der Waals surface area contributed by atoms with E-state index in [4.69, 9.17) is 39.5 Å². The van der Waals surface area contributed by atoms with E-state index in [0.29, 0.717) is 12.2 Å². The molecule has 0 spiro atoms. The Balaban J connectivity index is 2.17. The predicted molar refractivity (Wildman–Crippen MR) is 96.3 cm³/mol. The van der Waals surface area contributed by atoms with Gasteiger partial charge in [0.15, 0.2) is 0 Å². The van der Waals surface area contributed by atoms with E-state index in [1.165, 1.54) is 0 Å². The fourth-order valence-corrected chi connectivity index (χ4v) is 2.43. The van der Waals surface area contributed by atoms with Crippen LogP contribution in [0.3, 0.4) is 0 Å². The van der Waals surface area contributed by atoms with Crippen LogP contribution >= 0.6 is 34.8 Å². The molecule has 0 aliphatic rings. The molecule has 0 saturated carbocycles. The summed E-state index contributed by atoms with van der Waals surface area (Å²) in [5, 5.41) is 4.71. The van der Waals surface area contributed by atoms with Crippen molar-refractivity contribution in [2.45, 2.75) is 30.3 Å². The van der Waals surface area contributed by atoms with Crippen LogP contribution in [0, 0.1) is 5.92 Å². The number of carbonyl (C=O) groups excluding carboxylic acids is 1. The highest BCUT2D eigenvalue weighted by molar-refractivity contribution is 6.68. The summed E-state index contributed by atoms with van der Waals surface area (Å²) in [6, 6.07) is 13.4. The Morgan fingerprint density at radius 1 is 1.13 bits per heavy atom. The molecule has 1 amide bonds. The first-order chi connectivity index (χ1) is 10.8. The second-order valence-corrected chi connectivity index (χ2v) is 8.08. The summed E-state index contributed by atoms with van der Waals surface area (Å²) in [6.07, 6.45) is -0.738. The molecule has 2 rings (SSSR count). The minimum Gasteiger partial charge on any atom is -0.466 e. The lowest BCUT2D eigenvalue weighted by molar-refractivity contribution is -0.124. The molecule has 2 aromatic rings. The number of fused-ring (bicyclic) bond motifs is 1. The zero-order valence-corrected chi connectivity index (χ0v) is 15.1. The number of hydrogen-bond acceptors (Lipinski definition) is 2. The van der Waals surface area contributed by atoms with Gasteiger partial charge in [0.25, 0.3) is 0 Å². The molecule has 124 valence electrons. The van der Waals surface area contributed by atoms with Crippen molar-refractivity contribution >= 4 is 51.5 Å². The van der Waals surface area contributed by atoms with Gasteiger partial charge in [0.05, 0.1) is 0 Å². The van der Waals surface area contributed by atoms with Crippen LogP contribution in [0.2, 0.25) is 0 Å². The van der Waals surface area contributed by atoms with Gasteiger partial charge in [0.2, 0.25) is 15.9 Å². The van der Waals surface area contributed by atoms with E-state index in [1.54, 1.807) is 6.07 Å². The smallest absolute Gasteiger partial charge is 0.246 e. The highest BCUT2D eigenvalue weighted by Crippen LogP contribution is 2.32. The minimum absolute atomic E-state index is 0.201. The van der Waals surface area contributed by atoms with Crippen molar-refractivity contribution in [3.05, 3.63) is 42.5 Å². The number of benzene rings is 2. The Morgan fingerprint density at radius 2 is 1.78 bits per heavy atom. The molecule has 0 aliphatic carbocycles. The van der Waals surface area contributed by atoms with Crippen molar-refractivity contribution in [1.82, 2.24) is 5.32 Å². The maximum Gasteiger partial charge on any atom is 0.246 e. The fraction of sp³-hybridized carbons (Fsp3) is 0.353. The molecule has 1 N–H and O–H groups in total. The van der Waals surface area contributed by atoms with Crippen LogP contribution in [0.4, 0.5) is 0 Å². The van der Waals surface area contributed by atoms with Gasteiger partial charge in [-0.25, -0.2) is 0 Å². The summed E-state index contributed by atoms with van der Waals surface area (Å²) in [6.45, 7) is 3.88. The molecule has 0 radical (unpaired) electrons. The first-order valence-corrected chi connectivity index (χ1v) is 8.40. The number of carbonyl (C=O) groups is 1. The number of rotatable bonds is 5. The predicted octanol–water partition coefficient (Wildman–Crippen LogP) is 5.08. The average molecular weight is 375 g/mol. The molecular weight excluding hydrogens is 357 g/mol. The van der Waals surface area contributed by atoms with Gasteiger partial charge >= 0.3 is 0 Å². The maximum absolute atomic E-state index is 11.9. The largest absolute Gasteiger partial charge is 0.466 e. The quantitative estimate of drug-likeness (QED) is 0.585. The van der Waals surface area contributed by atoms with Gasteiger partial charge in [0, 0.05) is 6.42 Å². The average Bonchev–Trinajstić information content (AvgIpc) is 2.44. The summed E-state index contributed by atoms with van der Waals surface area (Å²) in [5.41, 5.74) is 0. The van der Waals surface area contributed by atoms with Crippen molar-refractivity contribution in [2.24, 2.45) is 5.92 Å². The van der Waals surface area contributed by atoms with E-state index in [9.17, 15) is 4.79 Å². The SMILES string of the molecule is CC(C)CC(=O)NC(Oc1ccc2ccccc2c1)C(Cl)(Cl)Cl. The van der Waals surface area contributed by atoms with Crippen LogP contribution in [0.15, 0.2) is 42.5 Å². The summed E-state index contributed by atoms with van der Waals surface area (Å²) in [5.74, 6) is 0.494. The molecule has 2 aromatic carbocycles. The standard InChI is InChI=1S/C17H18Cl3NO2/c1-11(2)9-15(22)21-16(17(18,19)20)23-14-8-7-12-5-3-4-6-13(12)10-14/h3-8,10-11,16H,9H2,1-2H3,(H,21,22). The number of halogens is 3. The highest BCUT2D eigenvalue weighted by Gasteiger charge is 2.36. The molecule has 3 nitrogen and oxygen atoms in total. The molecule has 0 aromatic heterocycles. The summed E-state index contributed by atoms with van der Waals surface area (Å²) in [7, 11) is 0. The molecule has 0 bridgehead atoms. The van der Waals surface area contributed by atoms with E-state index in [1.807, 2.05) is 50.2 Å². The van der Waals surface area contributed by atoms with Gasteiger partial charge in [-0.3, -0.25) is 4.79 Å². The second kappa shape index (κ2) is 7.61. The summed E-state index contributed by atoms with van der Waals surface area (Å²) in [4.78, 5) is 11.9. The van der Waals surface area contributed by atoms with Crippen molar-refractivity contribution in [1.29, 1.82) is 0 Å². The highest BCUT2D eigenvalue weighted by atomic mass is 35.6. The Kier molecular flexibility index (Phi) is 6.01.